The second-order valence-corrected chi connectivity index (χ2v) is 7.74. The number of H-pyrrole nitrogens is 1. The topological polar surface area (TPSA) is 67.6 Å². The zero-order valence-electron chi connectivity index (χ0n) is 16.1. The summed E-state index contributed by atoms with van der Waals surface area (Å²) in [6, 6.07) is 8.84. The molecule has 1 fully saturated rings. The quantitative estimate of drug-likeness (QED) is 0.582. The Labute approximate surface area is 164 Å². The van der Waals surface area contributed by atoms with E-state index in [1.807, 2.05) is 23.3 Å². The van der Waals surface area contributed by atoms with Gasteiger partial charge in [-0.05, 0) is 48.5 Å². The summed E-state index contributed by atoms with van der Waals surface area (Å²) in [7, 11) is 2.08. The Morgan fingerprint density at radius 1 is 1.18 bits per heavy atom. The third-order valence-corrected chi connectivity index (χ3v) is 5.78. The number of aromatic amines is 1. The summed E-state index contributed by atoms with van der Waals surface area (Å²) in [5, 5.41) is 10.3. The second-order valence-electron chi connectivity index (χ2n) is 7.74. The number of benzene rings is 1. The van der Waals surface area contributed by atoms with Crippen molar-refractivity contribution in [2.45, 2.75) is 31.8 Å². The number of hydrogen-bond donors (Lipinski definition) is 1. The van der Waals surface area contributed by atoms with E-state index < -0.39 is 0 Å². The molecule has 0 saturated carbocycles. The predicted molar refractivity (Wildman–Crippen MR) is 108 cm³/mol. The number of nitrogens with zero attached hydrogens (tertiary/aromatic N) is 6. The predicted octanol–water partition coefficient (Wildman–Crippen LogP) is 2.92. The van der Waals surface area contributed by atoms with Gasteiger partial charge in [-0.1, -0.05) is 6.07 Å². The van der Waals surface area contributed by atoms with E-state index in [9.17, 15) is 0 Å². The molecule has 28 heavy (non-hydrogen) atoms. The Kier molecular flexibility index (Phi) is 4.44. The molecule has 1 atom stereocenters. The van der Waals surface area contributed by atoms with Gasteiger partial charge in [0.1, 0.15) is 5.82 Å². The Hall–Kier alpha value is -2.93. The van der Waals surface area contributed by atoms with Crippen LogP contribution in [0.4, 0.5) is 0 Å². The lowest BCUT2D eigenvalue weighted by molar-refractivity contribution is 0.195. The summed E-state index contributed by atoms with van der Waals surface area (Å²) in [6.45, 7) is 3.86. The molecule has 4 heterocycles. The van der Waals surface area contributed by atoms with E-state index in [1.165, 1.54) is 29.3 Å². The second kappa shape index (κ2) is 7.24. The van der Waals surface area contributed by atoms with Gasteiger partial charge in [0, 0.05) is 50.2 Å². The molecule has 4 aromatic rings. The number of piperidine rings is 1. The summed E-state index contributed by atoms with van der Waals surface area (Å²) in [4.78, 5) is 9.92. The molecular weight excluding hydrogens is 350 g/mol. The summed E-state index contributed by atoms with van der Waals surface area (Å²) >= 11 is 0. The maximum Gasteiger partial charge on any atom is 0.152 e. The lowest BCUT2D eigenvalue weighted by Gasteiger charge is -2.32. The fraction of sp³-hybridized carbons (Fsp3) is 0.381. The molecule has 7 heteroatoms. The van der Waals surface area contributed by atoms with Gasteiger partial charge in [-0.25, -0.2) is 4.98 Å². The first-order valence-electron chi connectivity index (χ1n) is 9.88. The highest BCUT2D eigenvalue weighted by Gasteiger charge is 2.26. The lowest BCUT2D eigenvalue weighted by atomic mass is 9.96. The van der Waals surface area contributed by atoms with E-state index >= 15 is 0 Å². The largest absolute Gasteiger partial charge is 0.361 e. The van der Waals surface area contributed by atoms with Crippen LogP contribution in [0.1, 0.15) is 36.0 Å². The molecular formula is C21H25N7. The molecule has 3 aromatic heterocycles. The number of rotatable bonds is 5. The van der Waals surface area contributed by atoms with Crippen LogP contribution in [-0.2, 0) is 20.1 Å². The van der Waals surface area contributed by atoms with Crippen LogP contribution >= 0.6 is 0 Å². The van der Waals surface area contributed by atoms with E-state index in [0.29, 0.717) is 12.5 Å². The fourth-order valence-electron chi connectivity index (χ4n) is 4.28. The van der Waals surface area contributed by atoms with Crippen molar-refractivity contribution in [1.29, 1.82) is 0 Å². The SMILES string of the molecule is Cn1c(Cn2ccnc2)nnc1[C@H]1CCCN(Cc2ccc3[nH]ccc3c2)C1. The fourth-order valence-corrected chi connectivity index (χ4v) is 4.28. The number of imidazole rings is 1. The summed E-state index contributed by atoms with van der Waals surface area (Å²) in [5.41, 5.74) is 2.57. The molecule has 1 aromatic carbocycles. The number of nitrogens with one attached hydrogen (secondary N) is 1. The van der Waals surface area contributed by atoms with Crippen molar-refractivity contribution in [3.63, 3.8) is 0 Å². The third-order valence-electron chi connectivity index (χ3n) is 5.78. The van der Waals surface area contributed by atoms with E-state index in [-0.39, 0.29) is 0 Å². The van der Waals surface area contributed by atoms with Gasteiger partial charge in [-0.15, -0.1) is 10.2 Å². The standard InChI is InChI=1S/C21H25N7/c1-26-20(14-28-10-8-22-15-28)24-25-21(26)18-3-2-9-27(13-18)12-16-4-5-19-17(11-16)6-7-23-19/h4-8,10-11,15,18,23H,2-3,9,12-14H2,1H3/t18-/m0/s1. The minimum absolute atomic E-state index is 0.429. The van der Waals surface area contributed by atoms with Crippen LogP contribution < -0.4 is 0 Å². The van der Waals surface area contributed by atoms with Gasteiger partial charge in [0.05, 0.1) is 12.9 Å². The number of likely N-dealkylation sites (tertiary alicyclic amines) is 1. The highest BCUT2D eigenvalue weighted by molar-refractivity contribution is 5.79. The molecule has 0 radical (unpaired) electrons. The number of fused-ring (bicyclic) bond motifs is 1. The van der Waals surface area contributed by atoms with E-state index in [2.05, 4.69) is 60.9 Å². The van der Waals surface area contributed by atoms with Gasteiger partial charge in [-0.2, -0.15) is 0 Å². The van der Waals surface area contributed by atoms with Gasteiger partial charge in [0.2, 0.25) is 0 Å². The highest BCUT2D eigenvalue weighted by atomic mass is 15.3. The Morgan fingerprint density at radius 3 is 3.04 bits per heavy atom. The number of hydrogen-bond acceptors (Lipinski definition) is 4. The van der Waals surface area contributed by atoms with Crippen molar-refractivity contribution in [2.75, 3.05) is 13.1 Å². The molecule has 0 aliphatic carbocycles. The zero-order valence-corrected chi connectivity index (χ0v) is 16.1. The van der Waals surface area contributed by atoms with Crippen LogP contribution in [0.15, 0.2) is 49.2 Å². The molecule has 7 nitrogen and oxygen atoms in total. The van der Waals surface area contributed by atoms with Crippen molar-refractivity contribution in [3.8, 4) is 0 Å². The Bertz CT molecular complexity index is 1060. The summed E-state index contributed by atoms with van der Waals surface area (Å²) in [6.07, 6.45) is 9.93. The molecule has 0 spiro atoms. The first-order chi connectivity index (χ1) is 13.8. The highest BCUT2D eigenvalue weighted by Crippen LogP contribution is 2.27. The van der Waals surface area contributed by atoms with E-state index in [0.717, 1.165) is 31.3 Å². The van der Waals surface area contributed by atoms with Crippen LogP contribution in [0.3, 0.4) is 0 Å². The van der Waals surface area contributed by atoms with Crippen LogP contribution in [0.2, 0.25) is 0 Å². The smallest absolute Gasteiger partial charge is 0.152 e. The molecule has 1 aliphatic rings. The van der Waals surface area contributed by atoms with Crippen LogP contribution in [0.5, 0.6) is 0 Å². The molecule has 5 rings (SSSR count). The monoisotopic (exact) mass is 375 g/mol. The average Bonchev–Trinajstić information content (AvgIpc) is 3.45. The Balaban J connectivity index is 1.29. The van der Waals surface area contributed by atoms with Gasteiger partial charge >= 0.3 is 0 Å². The van der Waals surface area contributed by atoms with Gasteiger partial charge in [0.15, 0.2) is 5.82 Å². The number of aromatic nitrogens is 6. The Morgan fingerprint density at radius 2 is 2.14 bits per heavy atom. The minimum atomic E-state index is 0.429. The van der Waals surface area contributed by atoms with Crippen molar-refractivity contribution in [2.24, 2.45) is 7.05 Å². The molecule has 144 valence electrons. The van der Waals surface area contributed by atoms with Crippen LogP contribution in [0, 0.1) is 0 Å². The molecule has 1 N–H and O–H groups in total. The van der Waals surface area contributed by atoms with Gasteiger partial charge in [-0.3, -0.25) is 4.90 Å². The third kappa shape index (κ3) is 3.33. The average molecular weight is 375 g/mol. The van der Waals surface area contributed by atoms with Crippen molar-refractivity contribution in [1.82, 2.24) is 34.2 Å². The van der Waals surface area contributed by atoms with Gasteiger partial charge < -0.3 is 14.1 Å². The normalized spacial score (nSPS) is 18.1. The van der Waals surface area contributed by atoms with Crippen LogP contribution in [0.25, 0.3) is 10.9 Å². The van der Waals surface area contributed by atoms with Crippen molar-refractivity contribution >= 4 is 10.9 Å². The molecule has 1 aliphatic heterocycles. The van der Waals surface area contributed by atoms with E-state index in [4.69, 9.17) is 0 Å². The first-order valence-corrected chi connectivity index (χ1v) is 9.88. The molecule has 0 unspecified atom stereocenters. The van der Waals surface area contributed by atoms with Crippen molar-refractivity contribution in [3.05, 3.63) is 66.4 Å². The maximum absolute atomic E-state index is 4.54. The van der Waals surface area contributed by atoms with Gasteiger partial charge in [0.25, 0.3) is 0 Å². The molecule has 0 amide bonds. The summed E-state index contributed by atoms with van der Waals surface area (Å²) in [5.74, 6) is 2.50. The van der Waals surface area contributed by atoms with E-state index in [1.54, 1.807) is 6.20 Å². The molecule has 0 bridgehead atoms. The molecule has 1 saturated heterocycles. The summed E-state index contributed by atoms with van der Waals surface area (Å²) < 4.78 is 4.19. The minimum Gasteiger partial charge on any atom is -0.361 e. The first kappa shape index (κ1) is 17.2. The van der Waals surface area contributed by atoms with Crippen LogP contribution in [-0.4, -0.2) is 47.3 Å². The maximum atomic E-state index is 4.54. The van der Waals surface area contributed by atoms with Crippen molar-refractivity contribution < 1.29 is 0 Å². The zero-order chi connectivity index (χ0) is 18.9. The lowest BCUT2D eigenvalue weighted by Crippen LogP contribution is -2.34.